The van der Waals surface area contributed by atoms with Crippen molar-refractivity contribution in [2.24, 2.45) is 4.99 Å². The van der Waals surface area contributed by atoms with E-state index in [1.54, 1.807) is 20.3 Å². The average molecular weight is 391 g/mol. The van der Waals surface area contributed by atoms with E-state index in [4.69, 9.17) is 9.47 Å². The number of fused-ring (bicyclic) bond motifs is 1. The zero-order chi connectivity index (χ0) is 19.6. The third-order valence-corrected chi connectivity index (χ3v) is 5.40. The lowest BCUT2D eigenvalue weighted by atomic mass is 10.3. The number of methoxy groups -OCH3 is 2. The molecule has 144 valence electrons. The van der Waals surface area contributed by atoms with E-state index in [0.29, 0.717) is 22.8 Å². The molecule has 1 saturated heterocycles. The Kier molecular flexibility index (Phi) is 5.59. The SMILES string of the molecule is CCCn1c(=NC(=O)CN2C(=O)CCC2=O)sc2c(OC)ccc(OC)c21. The maximum absolute atomic E-state index is 12.4. The molecule has 8 nitrogen and oxygen atoms in total. The first-order valence-electron chi connectivity index (χ1n) is 8.65. The number of hydrogen-bond acceptors (Lipinski definition) is 6. The molecule has 1 aromatic heterocycles. The molecule has 1 aliphatic heterocycles. The molecule has 0 spiro atoms. The van der Waals surface area contributed by atoms with E-state index in [0.717, 1.165) is 21.5 Å². The van der Waals surface area contributed by atoms with E-state index in [2.05, 4.69) is 4.99 Å². The summed E-state index contributed by atoms with van der Waals surface area (Å²) in [6.45, 7) is 2.33. The van der Waals surface area contributed by atoms with Crippen LogP contribution in [0, 0.1) is 0 Å². The Labute approximate surface area is 160 Å². The summed E-state index contributed by atoms with van der Waals surface area (Å²) in [7, 11) is 3.17. The van der Waals surface area contributed by atoms with Crippen LogP contribution < -0.4 is 14.3 Å². The molecule has 0 N–H and O–H groups in total. The quantitative estimate of drug-likeness (QED) is 0.699. The van der Waals surface area contributed by atoms with Crippen LogP contribution in [0.2, 0.25) is 0 Å². The van der Waals surface area contributed by atoms with Gasteiger partial charge in [0, 0.05) is 19.4 Å². The molecule has 1 fully saturated rings. The first-order valence-corrected chi connectivity index (χ1v) is 9.46. The molecule has 0 atom stereocenters. The maximum Gasteiger partial charge on any atom is 0.268 e. The molecule has 1 aliphatic rings. The van der Waals surface area contributed by atoms with Gasteiger partial charge in [-0.25, -0.2) is 0 Å². The van der Waals surface area contributed by atoms with Crippen molar-refractivity contribution in [3.05, 3.63) is 16.9 Å². The summed E-state index contributed by atoms with van der Waals surface area (Å²) in [4.78, 5) is 41.5. The molecule has 3 rings (SSSR count). The number of ether oxygens (including phenoxy) is 2. The second kappa shape index (κ2) is 7.91. The molecule has 9 heteroatoms. The maximum atomic E-state index is 12.4. The fourth-order valence-electron chi connectivity index (χ4n) is 3.05. The topological polar surface area (TPSA) is 90.2 Å². The molecule has 0 unspecified atom stereocenters. The van der Waals surface area contributed by atoms with Gasteiger partial charge in [0.05, 0.1) is 14.2 Å². The monoisotopic (exact) mass is 391 g/mol. The molecular formula is C18H21N3O5S. The van der Waals surface area contributed by atoms with Crippen LogP contribution in [0.4, 0.5) is 0 Å². The summed E-state index contributed by atoms with van der Waals surface area (Å²) in [5.74, 6) is 0.135. The van der Waals surface area contributed by atoms with Crippen molar-refractivity contribution in [2.45, 2.75) is 32.7 Å². The number of rotatable bonds is 6. The number of aromatic nitrogens is 1. The Morgan fingerprint density at radius 1 is 1.15 bits per heavy atom. The van der Waals surface area contributed by atoms with Crippen LogP contribution in [-0.2, 0) is 20.9 Å². The highest BCUT2D eigenvalue weighted by Crippen LogP contribution is 2.35. The Hall–Kier alpha value is -2.68. The Bertz CT molecular complexity index is 959. The Balaban J connectivity index is 2.08. The number of benzene rings is 1. The number of hydrogen-bond donors (Lipinski definition) is 0. The molecule has 0 radical (unpaired) electrons. The van der Waals surface area contributed by atoms with Crippen LogP contribution >= 0.6 is 11.3 Å². The van der Waals surface area contributed by atoms with Crippen molar-refractivity contribution in [3.63, 3.8) is 0 Å². The number of aryl methyl sites for hydroxylation is 1. The molecule has 0 bridgehead atoms. The molecule has 2 aromatic rings. The van der Waals surface area contributed by atoms with Crippen LogP contribution in [0.1, 0.15) is 26.2 Å². The summed E-state index contributed by atoms with van der Waals surface area (Å²) in [5.41, 5.74) is 0.809. The number of amides is 3. The molecular weight excluding hydrogens is 370 g/mol. The van der Waals surface area contributed by atoms with Crippen molar-refractivity contribution >= 4 is 39.3 Å². The summed E-state index contributed by atoms with van der Waals surface area (Å²) < 4.78 is 13.6. The van der Waals surface area contributed by atoms with Crippen LogP contribution in [0.5, 0.6) is 11.5 Å². The largest absolute Gasteiger partial charge is 0.495 e. The third kappa shape index (κ3) is 3.59. The first-order chi connectivity index (χ1) is 13.0. The molecule has 27 heavy (non-hydrogen) atoms. The van der Waals surface area contributed by atoms with Gasteiger partial charge in [-0.1, -0.05) is 18.3 Å². The van der Waals surface area contributed by atoms with E-state index >= 15 is 0 Å². The van der Waals surface area contributed by atoms with Crippen LogP contribution in [0.3, 0.4) is 0 Å². The molecule has 3 amide bonds. The standard InChI is InChI=1S/C18H21N3O5S/c1-4-9-20-16-11(25-2)5-6-12(26-3)17(16)27-18(20)19-13(22)10-21-14(23)7-8-15(21)24/h5-6H,4,7-10H2,1-3H3. The number of thiazole rings is 1. The van der Waals surface area contributed by atoms with Crippen molar-refractivity contribution in [2.75, 3.05) is 20.8 Å². The lowest BCUT2D eigenvalue weighted by molar-refractivity contribution is -0.141. The predicted molar refractivity (Wildman–Crippen MR) is 99.7 cm³/mol. The van der Waals surface area contributed by atoms with Gasteiger partial charge in [-0.15, -0.1) is 0 Å². The third-order valence-electron chi connectivity index (χ3n) is 4.31. The second-order valence-electron chi connectivity index (χ2n) is 6.06. The number of likely N-dealkylation sites (tertiary alicyclic amines) is 1. The van der Waals surface area contributed by atoms with Gasteiger partial charge in [-0.3, -0.25) is 19.3 Å². The fourth-order valence-corrected chi connectivity index (χ4v) is 4.23. The number of carbonyl (C=O) groups is 3. The summed E-state index contributed by atoms with van der Waals surface area (Å²) in [5, 5.41) is 0. The van der Waals surface area contributed by atoms with Crippen molar-refractivity contribution in [3.8, 4) is 11.5 Å². The number of nitrogens with zero attached hydrogens (tertiary/aromatic N) is 3. The van der Waals surface area contributed by atoms with Gasteiger partial charge in [0.25, 0.3) is 5.91 Å². The zero-order valence-corrected chi connectivity index (χ0v) is 16.3. The van der Waals surface area contributed by atoms with E-state index in [-0.39, 0.29) is 31.2 Å². The van der Waals surface area contributed by atoms with Gasteiger partial charge >= 0.3 is 0 Å². The summed E-state index contributed by atoms with van der Waals surface area (Å²) >= 11 is 1.31. The van der Waals surface area contributed by atoms with E-state index < -0.39 is 5.91 Å². The van der Waals surface area contributed by atoms with Gasteiger partial charge < -0.3 is 14.0 Å². The van der Waals surface area contributed by atoms with Gasteiger partial charge in [-0.2, -0.15) is 4.99 Å². The highest BCUT2D eigenvalue weighted by molar-refractivity contribution is 7.16. The van der Waals surface area contributed by atoms with Crippen LogP contribution in [0.15, 0.2) is 17.1 Å². The average Bonchev–Trinajstić information content (AvgIpc) is 3.16. The minimum atomic E-state index is -0.534. The minimum absolute atomic E-state index is 0.152. The Morgan fingerprint density at radius 2 is 1.78 bits per heavy atom. The van der Waals surface area contributed by atoms with Crippen molar-refractivity contribution < 1.29 is 23.9 Å². The Morgan fingerprint density at radius 3 is 2.37 bits per heavy atom. The van der Waals surface area contributed by atoms with Crippen molar-refractivity contribution in [1.82, 2.24) is 9.47 Å². The smallest absolute Gasteiger partial charge is 0.268 e. The van der Waals surface area contributed by atoms with Gasteiger partial charge in [0.1, 0.15) is 28.3 Å². The lowest BCUT2D eigenvalue weighted by Gasteiger charge is -2.10. The van der Waals surface area contributed by atoms with E-state index in [1.165, 1.54) is 11.3 Å². The van der Waals surface area contributed by atoms with E-state index in [9.17, 15) is 14.4 Å². The van der Waals surface area contributed by atoms with E-state index in [1.807, 2.05) is 17.6 Å². The fraction of sp³-hybridized carbons (Fsp3) is 0.444. The highest BCUT2D eigenvalue weighted by Gasteiger charge is 2.30. The molecule has 0 aliphatic carbocycles. The van der Waals surface area contributed by atoms with Crippen molar-refractivity contribution in [1.29, 1.82) is 0 Å². The first kappa shape index (κ1) is 19.1. The summed E-state index contributed by atoms with van der Waals surface area (Å²) in [6.07, 6.45) is 1.13. The van der Waals surface area contributed by atoms with Gasteiger partial charge in [0.15, 0.2) is 4.80 Å². The minimum Gasteiger partial charge on any atom is -0.495 e. The molecule has 1 aromatic carbocycles. The predicted octanol–water partition coefficient (Wildman–Crippen LogP) is 1.71. The van der Waals surface area contributed by atoms with Crippen LogP contribution in [0.25, 0.3) is 10.2 Å². The summed E-state index contributed by atoms with van der Waals surface area (Å²) in [6, 6.07) is 3.62. The molecule has 2 heterocycles. The van der Waals surface area contributed by atoms with Crippen LogP contribution in [-0.4, -0.2) is 48.0 Å². The number of carbonyl (C=O) groups excluding carboxylic acids is 3. The zero-order valence-electron chi connectivity index (χ0n) is 15.5. The van der Waals surface area contributed by atoms with Gasteiger partial charge in [-0.05, 0) is 18.6 Å². The highest BCUT2D eigenvalue weighted by atomic mass is 32.1. The lowest BCUT2D eigenvalue weighted by Crippen LogP contribution is -2.34. The van der Waals surface area contributed by atoms with Gasteiger partial charge in [0.2, 0.25) is 11.8 Å². The number of imide groups is 1. The molecule has 0 saturated carbocycles. The second-order valence-corrected chi connectivity index (χ2v) is 7.04. The normalized spacial score (nSPS) is 15.1.